The Kier molecular flexibility index (Phi) is 4.36. The third kappa shape index (κ3) is 2.61. The summed E-state index contributed by atoms with van der Waals surface area (Å²) < 4.78 is 9.19. The SMILES string of the molecule is CC1OC(=O)C(C)OC1=O.[CaH2]. The van der Waals surface area contributed by atoms with Crippen LogP contribution in [-0.2, 0) is 19.1 Å². The van der Waals surface area contributed by atoms with E-state index >= 15 is 0 Å². The van der Waals surface area contributed by atoms with Crippen LogP contribution in [0, 0.1) is 0 Å². The maximum atomic E-state index is 10.7. The van der Waals surface area contributed by atoms with Crippen LogP contribution in [0.25, 0.3) is 0 Å². The van der Waals surface area contributed by atoms with E-state index in [1.54, 1.807) is 0 Å². The van der Waals surface area contributed by atoms with E-state index in [0.717, 1.165) is 0 Å². The molecular weight excluding hydrogens is 176 g/mol. The number of carbonyl (C=O) groups is 2. The van der Waals surface area contributed by atoms with E-state index in [1.165, 1.54) is 13.8 Å². The second kappa shape index (κ2) is 4.28. The molecule has 0 aliphatic carbocycles. The van der Waals surface area contributed by atoms with Gasteiger partial charge in [0.15, 0.2) is 12.2 Å². The molecule has 1 saturated heterocycles. The molecule has 0 radical (unpaired) electrons. The number of carbonyl (C=O) groups excluding carboxylic acids is 2. The van der Waals surface area contributed by atoms with E-state index in [1.807, 2.05) is 0 Å². The number of esters is 2. The summed E-state index contributed by atoms with van der Waals surface area (Å²) in [5.41, 5.74) is 0. The molecule has 0 amide bonds. The van der Waals surface area contributed by atoms with Gasteiger partial charge in [-0.25, -0.2) is 9.59 Å². The summed E-state index contributed by atoms with van der Waals surface area (Å²) >= 11 is 0. The quantitative estimate of drug-likeness (QED) is 0.358. The summed E-state index contributed by atoms with van der Waals surface area (Å²) in [5.74, 6) is -0.959. The van der Waals surface area contributed by atoms with Crippen molar-refractivity contribution in [2.45, 2.75) is 26.1 Å². The first kappa shape index (κ1) is 11.2. The number of rotatable bonds is 0. The fourth-order valence-electron chi connectivity index (χ4n) is 0.636. The van der Waals surface area contributed by atoms with Crippen molar-refractivity contribution in [3.63, 3.8) is 0 Å². The molecule has 0 aromatic rings. The molecule has 0 saturated carbocycles. The molecule has 1 heterocycles. The molecule has 2 unspecified atom stereocenters. The van der Waals surface area contributed by atoms with Crippen LogP contribution in [0.1, 0.15) is 13.8 Å². The van der Waals surface area contributed by atoms with Gasteiger partial charge < -0.3 is 9.47 Å². The third-order valence-corrected chi connectivity index (χ3v) is 1.25. The van der Waals surface area contributed by atoms with Crippen LogP contribution >= 0.6 is 0 Å². The Balaban J connectivity index is 0.000001000. The second-order valence-corrected chi connectivity index (χ2v) is 2.16. The first-order valence-electron chi connectivity index (χ1n) is 3.02. The van der Waals surface area contributed by atoms with Crippen molar-refractivity contribution in [1.29, 1.82) is 0 Å². The molecule has 5 heteroatoms. The molecule has 11 heavy (non-hydrogen) atoms. The van der Waals surface area contributed by atoms with Gasteiger partial charge in [0.25, 0.3) is 0 Å². The summed E-state index contributed by atoms with van der Waals surface area (Å²) in [7, 11) is 0. The van der Waals surface area contributed by atoms with Crippen molar-refractivity contribution < 1.29 is 19.1 Å². The van der Waals surface area contributed by atoms with Crippen molar-refractivity contribution in [1.82, 2.24) is 0 Å². The van der Waals surface area contributed by atoms with Crippen LogP contribution in [0.3, 0.4) is 0 Å². The normalized spacial score (nSPS) is 30.0. The van der Waals surface area contributed by atoms with Gasteiger partial charge in [0.05, 0.1) is 0 Å². The molecule has 60 valence electrons. The molecule has 1 aliphatic heterocycles. The van der Waals surface area contributed by atoms with Crippen molar-refractivity contribution >= 4 is 49.7 Å². The molecule has 0 aromatic carbocycles. The fraction of sp³-hybridized carbons (Fsp3) is 0.667. The van der Waals surface area contributed by atoms with E-state index in [-0.39, 0.29) is 37.7 Å². The fourth-order valence-corrected chi connectivity index (χ4v) is 0.636. The topological polar surface area (TPSA) is 52.6 Å². The van der Waals surface area contributed by atoms with Gasteiger partial charge in [-0.2, -0.15) is 0 Å². The second-order valence-electron chi connectivity index (χ2n) is 2.16. The molecule has 1 rings (SSSR count). The number of cyclic esters (lactones) is 2. The van der Waals surface area contributed by atoms with Gasteiger partial charge in [0.1, 0.15) is 0 Å². The minimum atomic E-state index is -0.747. The standard InChI is InChI=1S/C6H8O4.Ca.2H/c1-3-5(7)10-4(2)6(8)9-3;;;/h3-4H,1-2H3;;;. The predicted molar refractivity (Wildman–Crippen MR) is 39.7 cm³/mol. The van der Waals surface area contributed by atoms with Crippen molar-refractivity contribution in [3.8, 4) is 0 Å². The first-order chi connectivity index (χ1) is 4.61. The molecule has 0 N–H and O–H groups in total. The monoisotopic (exact) mass is 186 g/mol. The van der Waals surface area contributed by atoms with Crippen LogP contribution in [0.5, 0.6) is 0 Å². The van der Waals surface area contributed by atoms with Crippen LogP contribution in [0.15, 0.2) is 0 Å². The van der Waals surface area contributed by atoms with Gasteiger partial charge in [-0.15, -0.1) is 0 Å². The Labute approximate surface area is 94.2 Å². The molecule has 0 aromatic heterocycles. The van der Waals surface area contributed by atoms with Gasteiger partial charge in [-0.3, -0.25) is 0 Å². The molecular formula is C6H10CaO4. The third-order valence-electron chi connectivity index (χ3n) is 1.25. The predicted octanol–water partition coefficient (Wildman–Crippen LogP) is -1.05. The zero-order valence-corrected chi connectivity index (χ0v) is 5.79. The minimum absolute atomic E-state index is 0. The van der Waals surface area contributed by atoms with Gasteiger partial charge >= 0.3 is 49.7 Å². The van der Waals surface area contributed by atoms with Crippen molar-refractivity contribution in [2.75, 3.05) is 0 Å². The first-order valence-corrected chi connectivity index (χ1v) is 3.02. The van der Waals surface area contributed by atoms with Gasteiger partial charge in [-0.05, 0) is 13.8 Å². The number of ether oxygens (including phenoxy) is 2. The van der Waals surface area contributed by atoms with Gasteiger partial charge in [0, 0.05) is 0 Å². The zero-order valence-electron chi connectivity index (χ0n) is 5.79. The van der Waals surface area contributed by atoms with Crippen molar-refractivity contribution in [3.05, 3.63) is 0 Å². The van der Waals surface area contributed by atoms with E-state index in [0.29, 0.717) is 0 Å². The molecule has 0 spiro atoms. The Morgan fingerprint density at radius 2 is 1.27 bits per heavy atom. The zero-order chi connectivity index (χ0) is 7.72. The van der Waals surface area contributed by atoms with Crippen LogP contribution in [0.4, 0.5) is 0 Å². The van der Waals surface area contributed by atoms with E-state index in [9.17, 15) is 9.59 Å². The molecule has 1 aliphatic rings. The molecule has 2 atom stereocenters. The van der Waals surface area contributed by atoms with Crippen LogP contribution in [0.2, 0.25) is 0 Å². The van der Waals surface area contributed by atoms with E-state index in [4.69, 9.17) is 0 Å². The van der Waals surface area contributed by atoms with Gasteiger partial charge in [0.2, 0.25) is 0 Å². The molecule has 1 fully saturated rings. The van der Waals surface area contributed by atoms with E-state index < -0.39 is 24.1 Å². The Morgan fingerprint density at radius 1 is 1.00 bits per heavy atom. The summed E-state index contributed by atoms with van der Waals surface area (Å²) in [6.07, 6.45) is -1.49. The van der Waals surface area contributed by atoms with E-state index in [2.05, 4.69) is 9.47 Å². The maximum absolute atomic E-state index is 10.7. The summed E-state index contributed by atoms with van der Waals surface area (Å²) in [6, 6.07) is 0. The summed E-state index contributed by atoms with van der Waals surface area (Å²) in [4.78, 5) is 21.3. The Morgan fingerprint density at radius 3 is 1.55 bits per heavy atom. The molecule has 4 nitrogen and oxygen atoms in total. The Bertz CT molecular complexity index is 159. The van der Waals surface area contributed by atoms with Gasteiger partial charge in [-0.1, -0.05) is 0 Å². The average molecular weight is 186 g/mol. The number of hydrogen-bond acceptors (Lipinski definition) is 4. The average Bonchev–Trinajstić information content (AvgIpc) is 1.84. The van der Waals surface area contributed by atoms with Crippen LogP contribution < -0.4 is 0 Å². The summed E-state index contributed by atoms with van der Waals surface area (Å²) in [6.45, 7) is 2.96. The molecule has 0 bridgehead atoms. The number of hydrogen-bond donors (Lipinski definition) is 0. The Hall–Kier alpha value is 0.200. The van der Waals surface area contributed by atoms with Crippen LogP contribution in [-0.4, -0.2) is 61.9 Å². The summed E-state index contributed by atoms with van der Waals surface area (Å²) in [5, 5.41) is 0. The van der Waals surface area contributed by atoms with Crippen molar-refractivity contribution in [2.24, 2.45) is 0 Å².